The lowest BCUT2D eigenvalue weighted by molar-refractivity contribution is -0.0498. The lowest BCUT2D eigenvalue weighted by Gasteiger charge is -2.05. The fraction of sp³-hybridized carbons (Fsp3) is 0.125. The number of rotatable bonds is 3. The van der Waals surface area contributed by atoms with Crippen molar-refractivity contribution in [3.8, 4) is 5.75 Å². The van der Waals surface area contributed by atoms with Crippen molar-refractivity contribution in [1.29, 1.82) is 0 Å². The van der Waals surface area contributed by atoms with Gasteiger partial charge in [0.05, 0.1) is 0 Å². The van der Waals surface area contributed by atoms with Crippen LogP contribution in [0.3, 0.4) is 0 Å². The van der Waals surface area contributed by atoms with Gasteiger partial charge < -0.3 is 10.5 Å². The van der Waals surface area contributed by atoms with Gasteiger partial charge in [-0.1, -0.05) is 24.4 Å². The van der Waals surface area contributed by atoms with Gasteiger partial charge in [0.15, 0.2) is 0 Å². The topological polar surface area (TPSA) is 35.2 Å². The predicted octanol–water partition coefficient (Wildman–Crippen LogP) is 1.92. The average Bonchev–Trinajstić information content (AvgIpc) is 2.03. The summed E-state index contributed by atoms with van der Waals surface area (Å²) < 4.78 is 27.7. The second-order valence-corrected chi connectivity index (χ2v) is 2.71. The number of hydrogen-bond acceptors (Lipinski definition) is 2. The van der Waals surface area contributed by atoms with Crippen LogP contribution < -0.4 is 10.5 Å². The molecule has 1 rings (SSSR count). The van der Waals surface area contributed by atoms with E-state index >= 15 is 0 Å². The molecule has 0 fully saturated rings. The zero-order valence-corrected chi connectivity index (χ0v) is 7.35. The molecular weight excluding hydrogens is 196 g/mol. The third-order valence-corrected chi connectivity index (χ3v) is 1.58. The zero-order valence-electron chi connectivity index (χ0n) is 6.54. The second-order valence-electron chi connectivity index (χ2n) is 2.27. The van der Waals surface area contributed by atoms with E-state index in [0.29, 0.717) is 5.56 Å². The molecule has 0 saturated carbocycles. The first-order valence-electron chi connectivity index (χ1n) is 3.44. The van der Waals surface area contributed by atoms with E-state index in [2.05, 4.69) is 17.0 Å². The molecule has 70 valence electrons. The Morgan fingerprint density at radius 1 is 1.46 bits per heavy atom. The molecule has 0 spiro atoms. The van der Waals surface area contributed by atoms with E-state index in [1.807, 2.05) is 0 Å². The van der Waals surface area contributed by atoms with Crippen molar-refractivity contribution in [2.75, 3.05) is 0 Å². The number of benzene rings is 1. The van der Waals surface area contributed by atoms with E-state index in [-0.39, 0.29) is 10.7 Å². The van der Waals surface area contributed by atoms with Crippen LogP contribution in [-0.2, 0) is 0 Å². The van der Waals surface area contributed by atoms with Gasteiger partial charge in [-0.05, 0) is 12.1 Å². The highest BCUT2D eigenvalue weighted by atomic mass is 32.1. The summed E-state index contributed by atoms with van der Waals surface area (Å²) in [6.07, 6.45) is 0. The SMILES string of the molecule is NC(=S)c1cccc(OC(F)F)c1. The Hall–Kier alpha value is -1.23. The van der Waals surface area contributed by atoms with E-state index in [1.165, 1.54) is 12.1 Å². The van der Waals surface area contributed by atoms with Crippen LogP contribution in [0.1, 0.15) is 5.56 Å². The maximum absolute atomic E-state index is 11.8. The maximum Gasteiger partial charge on any atom is 0.387 e. The van der Waals surface area contributed by atoms with Crippen LogP contribution in [-0.4, -0.2) is 11.6 Å². The van der Waals surface area contributed by atoms with Crippen LogP contribution in [0.25, 0.3) is 0 Å². The highest BCUT2D eigenvalue weighted by Gasteiger charge is 2.04. The molecule has 1 aromatic carbocycles. The summed E-state index contributed by atoms with van der Waals surface area (Å²) in [5, 5.41) is 0. The maximum atomic E-state index is 11.8. The first kappa shape index (κ1) is 9.85. The molecule has 0 aliphatic heterocycles. The summed E-state index contributed by atoms with van der Waals surface area (Å²) in [5.74, 6) is 0.0558. The summed E-state index contributed by atoms with van der Waals surface area (Å²) in [6.45, 7) is -2.83. The van der Waals surface area contributed by atoms with Crippen LogP contribution in [0.5, 0.6) is 5.75 Å². The van der Waals surface area contributed by atoms with Crippen molar-refractivity contribution in [3.63, 3.8) is 0 Å². The van der Waals surface area contributed by atoms with E-state index in [9.17, 15) is 8.78 Å². The molecule has 0 aliphatic rings. The van der Waals surface area contributed by atoms with Crippen molar-refractivity contribution in [3.05, 3.63) is 29.8 Å². The van der Waals surface area contributed by atoms with Gasteiger partial charge >= 0.3 is 6.61 Å². The standard InChI is InChI=1S/C8H7F2NOS/c9-8(10)12-6-3-1-2-5(4-6)7(11)13/h1-4,8H,(H2,11,13). The molecule has 0 radical (unpaired) electrons. The van der Waals surface area contributed by atoms with Crippen molar-refractivity contribution in [2.45, 2.75) is 6.61 Å². The van der Waals surface area contributed by atoms with E-state index in [1.54, 1.807) is 12.1 Å². The number of hydrogen-bond donors (Lipinski definition) is 1. The summed E-state index contributed by atoms with van der Waals surface area (Å²) in [6, 6.07) is 5.95. The van der Waals surface area contributed by atoms with Crippen molar-refractivity contribution < 1.29 is 13.5 Å². The molecule has 1 aromatic rings. The van der Waals surface area contributed by atoms with Gasteiger partial charge in [0, 0.05) is 5.56 Å². The summed E-state index contributed by atoms with van der Waals surface area (Å²) in [7, 11) is 0. The Bertz CT molecular complexity index is 317. The van der Waals surface area contributed by atoms with Crippen molar-refractivity contribution in [2.24, 2.45) is 5.73 Å². The van der Waals surface area contributed by atoms with Gasteiger partial charge in [-0.3, -0.25) is 0 Å². The number of ether oxygens (including phenoxy) is 1. The highest BCUT2D eigenvalue weighted by molar-refractivity contribution is 7.80. The molecule has 5 heteroatoms. The van der Waals surface area contributed by atoms with Crippen LogP contribution >= 0.6 is 12.2 Å². The van der Waals surface area contributed by atoms with Crippen LogP contribution in [0, 0.1) is 0 Å². The number of halogens is 2. The molecule has 13 heavy (non-hydrogen) atoms. The van der Waals surface area contributed by atoms with E-state index in [0.717, 1.165) is 0 Å². The summed E-state index contributed by atoms with van der Waals surface area (Å²) in [4.78, 5) is 0.153. The molecule has 0 aliphatic carbocycles. The minimum absolute atomic E-state index is 0.0558. The van der Waals surface area contributed by atoms with Crippen LogP contribution in [0.15, 0.2) is 24.3 Å². The molecule has 0 heterocycles. The number of thiocarbonyl (C=S) groups is 1. The first-order chi connectivity index (χ1) is 6.09. The molecule has 0 aromatic heterocycles. The molecule has 0 bridgehead atoms. The molecule has 2 nitrogen and oxygen atoms in total. The van der Waals surface area contributed by atoms with Gasteiger partial charge in [0.1, 0.15) is 10.7 Å². The van der Waals surface area contributed by atoms with Gasteiger partial charge in [-0.2, -0.15) is 8.78 Å². The van der Waals surface area contributed by atoms with E-state index in [4.69, 9.17) is 5.73 Å². The molecule has 0 atom stereocenters. The van der Waals surface area contributed by atoms with Crippen LogP contribution in [0.4, 0.5) is 8.78 Å². The molecule has 0 unspecified atom stereocenters. The third-order valence-electron chi connectivity index (χ3n) is 1.34. The quantitative estimate of drug-likeness (QED) is 0.762. The average molecular weight is 203 g/mol. The van der Waals surface area contributed by atoms with Crippen molar-refractivity contribution in [1.82, 2.24) is 0 Å². The fourth-order valence-electron chi connectivity index (χ4n) is 0.826. The molecule has 0 amide bonds. The minimum Gasteiger partial charge on any atom is -0.435 e. The Kier molecular flexibility index (Phi) is 3.13. The van der Waals surface area contributed by atoms with Crippen molar-refractivity contribution >= 4 is 17.2 Å². The first-order valence-corrected chi connectivity index (χ1v) is 3.85. The van der Waals surface area contributed by atoms with Gasteiger partial charge in [0.25, 0.3) is 0 Å². The summed E-state index contributed by atoms with van der Waals surface area (Å²) >= 11 is 4.67. The monoisotopic (exact) mass is 203 g/mol. The number of alkyl halides is 2. The largest absolute Gasteiger partial charge is 0.435 e. The van der Waals surface area contributed by atoms with Gasteiger partial charge in [-0.15, -0.1) is 0 Å². The lowest BCUT2D eigenvalue weighted by Crippen LogP contribution is -2.10. The highest BCUT2D eigenvalue weighted by Crippen LogP contribution is 2.15. The number of nitrogens with two attached hydrogens (primary N) is 1. The Labute approximate surface area is 79.3 Å². The Balaban J connectivity index is 2.85. The second kappa shape index (κ2) is 4.13. The normalized spacial score (nSPS) is 10.1. The lowest BCUT2D eigenvalue weighted by atomic mass is 10.2. The molecular formula is C8H7F2NOS. The smallest absolute Gasteiger partial charge is 0.387 e. The zero-order chi connectivity index (χ0) is 9.84. The van der Waals surface area contributed by atoms with Gasteiger partial charge in [0.2, 0.25) is 0 Å². The molecule has 0 saturated heterocycles. The Morgan fingerprint density at radius 2 is 2.15 bits per heavy atom. The predicted molar refractivity (Wildman–Crippen MR) is 49.0 cm³/mol. The van der Waals surface area contributed by atoms with Gasteiger partial charge in [-0.25, -0.2) is 0 Å². The van der Waals surface area contributed by atoms with Crippen LogP contribution in [0.2, 0.25) is 0 Å². The third kappa shape index (κ3) is 2.95. The molecule has 2 N–H and O–H groups in total. The summed E-state index contributed by atoms with van der Waals surface area (Å²) in [5.41, 5.74) is 5.81. The Morgan fingerprint density at radius 3 is 2.69 bits per heavy atom. The van der Waals surface area contributed by atoms with E-state index < -0.39 is 6.61 Å². The fourth-order valence-corrected chi connectivity index (χ4v) is 0.953. The minimum atomic E-state index is -2.83.